The van der Waals surface area contributed by atoms with Gasteiger partial charge in [0.05, 0.1) is 0 Å². The minimum Gasteiger partial charge on any atom is -0.390 e. The standard InChI is InChI=1S/C13H16Cl2F2N2O.ClH/c14-9-2-1-3-10(15)11(9)12(13(16,17)8-20)19-6-4-18-5-7-19;/h1-3,12,18,20H,4-8H2;1H/t12-;/m0./s1. The van der Waals surface area contributed by atoms with Crippen molar-refractivity contribution >= 4 is 35.6 Å². The van der Waals surface area contributed by atoms with Crippen molar-refractivity contribution in [2.24, 2.45) is 0 Å². The van der Waals surface area contributed by atoms with Crippen LogP contribution < -0.4 is 5.32 Å². The predicted octanol–water partition coefficient (Wildman–Crippen LogP) is 2.99. The smallest absolute Gasteiger partial charge is 0.290 e. The fraction of sp³-hybridized carbons (Fsp3) is 0.538. The third-order valence-corrected chi connectivity index (χ3v) is 4.06. The summed E-state index contributed by atoms with van der Waals surface area (Å²) in [7, 11) is 0. The van der Waals surface area contributed by atoms with Gasteiger partial charge in [-0.05, 0) is 12.1 Å². The number of hydrogen-bond acceptors (Lipinski definition) is 3. The normalized spacial score (nSPS) is 18.1. The zero-order valence-electron chi connectivity index (χ0n) is 11.2. The van der Waals surface area contributed by atoms with Crippen molar-refractivity contribution in [2.75, 3.05) is 32.8 Å². The largest absolute Gasteiger partial charge is 0.390 e. The lowest BCUT2D eigenvalue weighted by atomic mass is 9.98. The number of halogens is 5. The first-order chi connectivity index (χ1) is 9.47. The zero-order valence-corrected chi connectivity index (χ0v) is 13.5. The van der Waals surface area contributed by atoms with Crippen molar-refractivity contribution in [2.45, 2.75) is 12.0 Å². The van der Waals surface area contributed by atoms with Crippen LogP contribution in [0.5, 0.6) is 0 Å². The van der Waals surface area contributed by atoms with E-state index >= 15 is 0 Å². The van der Waals surface area contributed by atoms with E-state index in [1.54, 1.807) is 11.0 Å². The highest BCUT2D eigenvalue weighted by Gasteiger charge is 2.45. The summed E-state index contributed by atoms with van der Waals surface area (Å²) < 4.78 is 28.4. The Morgan fingerprint density at radius 1 is 1.24 bits per heavy atom. The van der Waals surface area contributed by atoms with Gasteiger partial charge in [0.25, 0.3) is 5.92 Å². The third kappa shape index (κ3) is 4.18. The monoisotopic (exact) mass is 360 g/mol. The van der Waals surface area contributed by atoms with Gasteiger partial charge in [0, 0.05) is 41.8 Å². The highest BCUT2D eigenvalue weighted by atomic mass is 35.5. The van der Waals surface area contributed by atoms with Crippen LogP contribution in [0.1, 0.15) is 11.6 Å². The molecule has 0 saturated carbocycles. The van der Waals surface area contributed by atoms with Gasteiger partial charge in [-0.15, -0.1) is 12.4 Å². The number of hydrogen-bond donors (Lipinski definition) is 2. The molecule has 3 nitrogen and oxygen atoms in total. The summed E-state index contributed by atoms with van der Waals surface area (Å²) in [4.78, 5) is 1.61. The molecule has 1 aliphatic heterocycles. The molecular weight excluding hydrogens is 345 g/mol. The quantitative estimate of drug-likeness (QED) is 0.865. The predicted molar refractivity (Wildman–Crippen MR) is 82.9 cm³/mol. The number of rotatable bonds is 4. The van der Waals surface area contributed by atoms with Crippen LogP contribution in [0.15, 0.2) is 18.2 Å². The maximum atomic E-state index is 14.2. The van der Waals surface area contributed by atoms with Crippen molar-refractivity contribution < 1.29 is 13.9 Å². The molecule has 1 fully saturated rings. The van der Waals surface area contributed by atoms with E-state index in [4.69, 9.17) is 28.3 Å². The lowest BCUT2D eigenvalue weighted by Gasteiger charge is -2.39. The molecule has 8 heteroatoms. The number of nitrogens with zero attached hydrogens (tertiary/aromatic N) is 1. The van der Waals surface area contributed by atoms with Crippen molar-refractivity contribution in [3.8, 4) is 0 Å². The Balaban J connectivity index is 0.00000220. The average Bonchev–Trinajstić information content (AvgIpc) is 2.43. The van der Waals surface area contributed by atoms with Gasteiger partial charge in [-0.25, -0.2) is 8.78 Å². The van der Waals surface area contributed by atoms with Crippen molar-refractivity contribution in [3.63, 3.8) is 0 Å². The van der Waals surface area contributed by atoms with Crippen LogP contribution in [-0.2, 0) is 0 Å². The van der Waals surface area contributed by atoms with E-state index in [-0.39, 0.29) is 28.0 Å². The van der Waals surface area contributed by atoms with Crippen LogP contribution in [0.3, 0.4) is 0 Å². The Morgan fingerprint density at radius 2 is 1.76 bits per heavy atom. The average molecular weight is 362 g/mol. The van der Waals surface area contributed by atoms with Crippen LogP contribution in [0.4, 0.5) is 8.78 Å². The first-order valence-corrected chi connectivity index (χ1v) is 7.10. The molecule has 0 aliphatic carbocycles. The number of alkyl halides is 2. The molecule has 1 aromatic carbocycles. The van der Waals surface area contributed by atoms with Crippen LogP contribution in [0, 0.1) is 0 Å². The second kappa shape index (κ2) is 7.90. The SMILES string of the molecule is Cl.OCC(F)(F)[C@H](c1c(Cl)cccc1Cl)N1CCNCC1. The van der Waals surface area contributed by atoms with E-state index in [1.165, 1.54) is 12.1 Å². The summed E-state index contributed by atoms with van der Waals surface area (Å²) in [5.74, 6) is -3.31. The minimum atomic E-state index is -3.31. The zero-order chi connectivity index (χ0) is 14.8. The molecule has 2 rings (SSSR count). The summed E-state index contributed by atoms with van der Waals surface area (Å²) in [6, 6.07) is 3.35. The van der Waals surface area contributed by atoms with E-state index in [0.29, 0.717) is 26.2 Å². The van der Waals surface area contributed by atoms with Gasteiger partial charge in [-0.2, -0.15) is 0 Å². The Hall–Kier alpha value is -0.170. The molecule has 1 heterocycles. The first kappa shape index (κ1) is 18.9. The molecule has 21 heavy (non-hydrogen) atoms. The Bertz CT molecular complexity index is 450. The molecule has 0 radical (unpaired) electrons. The lowest BCUT2D eigenvalue weighted by molar-refractivity contribution is -0.118. The summed E-state index contributed by atoms with van der Waals surface area (Å²) in [6.07, 6.45) is 0. The summed E-state index contributed by atoms with van der Waals surface area (Å²) in [5, 5.41) is 12.5. The number of benzene rings is 1. The van der Waals surface area contributed by atoms with Crippen molar-refractivity contribution in [3.05, 3.63) is 33.8 Å². The minimum absolute atomic E-state index is 0. The van der Waals surface area contributed by atoms with Gasteiger partial charge in [0.15, 0.2) is 0 Å². The number of piperazine rings is 1. The van der Waals surface area contributed by atoms with Gasteiger partial charge in [-0.3, -0.25) is 4.90 Å². The molecule has 0 aromatic heterocycles. The van der Waals surface area contributed by atoms with Crippen LogP contribution in [0.25, 0.3) is 0 Å². The maximum absolute atomic E-state index is 14.2. The Labute approximate surface area is 138 Å². The van der Waals surface area contributed by atoms with Gasteiger partial charge in [0.2, 0.25) is 0 Å². The molecule has 1 saturated heterocycles. The van der Waals surface area contributed by atoms with Gasteiger partial charge < -0.3 is 10.4 Å². The third-order valence-electron chi connectivity index (χ3n) is 3.40. The Morgan fingerprint density at radius 3 is 2.24 bits per heavy atom. The molecule has 1 aromatic rings. The fourth-order valence-corrected chi connectivity index (χ4v) is 3.06. The number of nitrogens with one attached hydrogen (secondary N) is 1. The van der Waals surface area contributed by atoms with E-state index in [2.05, 4.69) is 5.32 Å². The van der Waals surface area contributed by atoms with E-state index < -0.39 is 18.6 Å². The summed E-state index contributed by atoms with van der Waals surface area (Å²) in [6.45, 7) is 0.868. The second-order valence-electron chi connectivity index (χ2n) is 4.74. The topological polar surface area (TPSA) is 35.5 Å². The number of aliphatic hydroxyl groups is 1. The second-order valence-corrected chi connectivity index (χ2v) is 5.56. The highest BCUT2D eigenvalue weighted by Crippen LogP contribution is 2.42. The van der Waals surface area contributed by atoms with E-state index in [1.807, 2.05) is 0 Å². The highest BCUT2D eigenvalue weighted by molar-refractivity contribution is 6.36. The molecule has 0 spiro atoms. The van der Waals surface area contributed by atoms with Crippen LogP contribution in [-0.4, -0.2) is 48.7 Å². The van der Waals surface area contributed by atoms with E-state index in [0.717, 1.165) is 0 Å². The molecule has 1 aliphatic rings. The molecule has 0 bridgehead atoms. The summed E-state index contributed by atoms with van der Waals surface area (Å²) in [5.41, 5.74) is 0.178. The summed E-state index contributed by atoms with van der Waals surface area (Å²) >= 11 is 12.1. The maximum Gasteiger partial charge on any atom is 0.290 e. The Kier molecular flexibility index (Phi) is 7.10. The van der Waals surface area contributed by atoms with Crippen molar-refractivity contribution in [1.29, 1.82) is 0 Å². The fourth-order valence-electron chi connectivity index (χ4n) is 2.46. The lowest BCUT2D eigenvalue weighted by Crippen LogP contribution is -2.51. The van der Waals surface area contributed by atoms with Crippen LogP contribution >= 0.6 is 35.6 Å². The van der Waals surface area contributed by atoms with Gasteiger partial charge in [-0.1, -0.05) is 29.3 Å². The van der Waals surface area contributed by atoms with E-state index in [9.17, 15) is 8.78 Å². The van der Waals surface area contributed by atoms with Crippen molar-refractivity contribution in [1.82, 2.24) is 10.2 Å². The van der Waals surface area contributed by atoms with Crippen LogP contribution in [0.2, 0.25) is 10.0 Å². The molecule has 2 N–H and O–H groups in total. The molecular formula is C13H17Cl3F2N2O. The molecule has 0 amide bonds. The number of aliphatic hydroxyl groups excluding tert-OH is 1. The van der Waals surface area contributed by atoms with Gasteiger partial charge in [0.1, 0.15) is 12.6 Å². The molecule has 0 unspecified atom stereocenters. The van der Waals surface area contributed by atoms with Gasteiger partial charge >= 0.3 is 0 Å². The molecule has 120 valence electrons. The first-order valence-electron chi connectivity index (χ1n) is 6.34. The molecule has 1 atom stereocenters.